The molecule has 21 heavy (non-hydrogen) atoms. The minimum Gasteiger partial charge on any atom is -0.381 e. The Balaban J connectivity index is 1.94. The molecule has 0 aliphatic carbocycles. The van der Waals surface area contributed by atoms with Gasteiger partial charge in [0.05, 0.1) is 6.54 Å². The molecule has 1 saturated heterocycles. The Morgan fingerprint density at radius 2 is 2.05 bits per heavy atom. The van der Waals surface area contributed by atoms with Crippen LogP contribution in [-0.4, -0.2) is 48.6 Å². The number of aromatic nitrogens is 1. The molecule has 0 saturated carbocycles. The van der Waals surface area contributed by atoms with Crippen molar-refractivity contribution in [2.45, 2.75) is 40.2 Å². The van der Waals surface area contributed by atoms with Crippen molar-refractivity contribution in [2.24, 2.45) is 5.92 Å². The molecule has 1 aromatic heterocycles. The molecule has 4 nitrogen and oxygen atoms in total. The number of aryl methyl sites for hydroxylation is 1. The van der Waals surface area contributed by atoms with Gasteiger partial charge in [-0.2, -0.15) is 0 Å². The second-order valence-electron chi connectivity index (χ2n) is 6.20. The van der Waals surface area contributed by atoms with Crippen LogP contribution in [0.5, 0.6) is 0 Å². The van der Waals surface area contributed by atoms with Crippen molar-refractivity contribution in [3.8, 4) is 0 Å². The number of carbonyl (C=O) groups excluding carboxylic acids is 1. The fourth-order valence-electron chi connectivity index (χ4n) is 3.33. The van der Waals surface area contributed by atoms with Crippen molar-refractivity contribution in [3.63, 3.8) is 0 Å². The van der Waals surface area contributed by atoms with Crippen molar-refractivity contribution >= 4 is 5.78 Å². The fourth-order valence-corrected chi connectivity index (χ4v) is 3.33. The van der Waals surface area contributed by atoms with Gasteiger partial charge >= 0.3 is 0 Å². The third kappa shape index (κ3) is 3.95. The molecule has 0 aromatic carbocycles. The van der Waals surface area contributed by atoms with Gasteiger partial charge in [-0.1, -0.05) is 0 Å². The van der Waals surface area contributed by atoms with Crippen LogP contribution in [0.15, 0.2) is 6.07 Å². The van der Waals surface area contributed by atoms with Gasteiger partial charge in [-0.15, -0.1) is 0 Å². The summed E-state index contributed by atoms with van der Waals surface area (Å²) in [5.41, 5.74) is 3.15. The lowest BCUT2D eigenvalue weighted by atomic mass is 9.99. The zero-order valence-corrected chi connectivity index (χ0v) is 13.8. The van der Waals surface area contributed by atoms with Crippen LogP contribution in [0.4, 0.5) is 0 Å². The SMILES string of the molecule is CCn1c(C)cc(C(=O)CN(C)CC2CCOCC2)c1C. The van der Waals surface area contributed by atoms with Gasteiger partial charge in [0.25, 0.3) is 0 Å². The summed E-state index contributed by atoms with van der Waals surface area (Å²) in [6.45, 7) is 10.4. The van der Waals surface area contributed by atoms with Crippen molar-refractivity contribution in [1.82, 2.24) is 9.47 Å². The summed E-state index contributed by atoms with van der Waals surface area (Å²) < 4.78 is 7.59. The minimum atomic E-state index is 0.234. The first-order valence-corrected chi connectivity index (χ1v) is 7.99. The van der Waals surface area contributed by atoms with Gasteiger partial charge in [0, 0.05) is 43.3 Å². The van der Waals surface area contributed by atoms with Gasteiger partial charge in [-0.05, 0) is 52.6 Å². The third-order valence-corrected chi connectivity index (χ3v) is 4.51. The first kappa shape index (κ1) is 16.2. The molecule has 0 amide bonds. The predicted octanol–water partition coefficient (Wildman–Crippen LogP) is 2.67. The molecule has 118 valence electrons. The summed E-state index contributed by atoms with van der Waals surface area (Å²) in [7, 11) is 2.05. The van der Waals surface area contributed by atoms with Gasteiger partial charge in [-0.3, -0.25) is 9.69 Å². The molecular weight excluding hydrogens is 264 g/mol. The average molecular weight is 292 g/mol. The summed E-state index contributed by atoms with van der Waals surface area (Å²) in [5.74, 6) is 0.900. The van der Waals surface area contributed by atoms with Crippen LogP contribution in [0.2, 0.25) is 0 Å². The molecule has 2 heterocycles. The highest BCUT2D eigenvalue weighted by atomic mass is 16.5. The summed E-state index contributed by atoms with van der Waals surface area (Å²) in [4.78, 5) is 14.7. The van der Waals surface area contributed by atoms with E-state index in [1.54, 1.807) is 0 Å². The fraction of sp³-hybridized carbons (Fsp3) is 0.706. The smallest absolute Gasteiger partial charge is 0.178 e. The Morgan fingerprint density at radius 1 is 1.38 bits per heavy atom. The maximum Gasteiger partial charge on any atom is 0.178 e. The van der Waals surface area contributed by atoms with Crippen LogP contribution in [0.1, 0.15) is 41.5 Å². The number of ketones is 1. The first-order chi connectivity index (χ1) is 10.0. The van der Waals surface area contributed by atoms with Crippen molar-refractivity contribution < 1.29 is 9.53 Å². The Morgan fingerprint density at radius 3 is 2.62 bits per heavy atom. The maximum atomic E-state index is 12.5. The lowest BCUT2D eigenvalue weighted by Gasteiger charge is -2.26. The van der Waals surface area contributed by atoms with Crippen LogP contribution in [0.25, 0.3) is 0 Å². The van der Waals surface area contributed by atoms with Crippen LogP contribution in [0, 0.1) is 19.8 Å². The molecule has 0 N–H and O–H groups in total. The minimum absolute atomic E-state index is 0.234. The Kier molecular flexibility index (Phi) is 5.59. The monoisotopic (exact) mass is 292 g/mol. The Bertz CT molecular complexity index is 487. The Labute approximate surface area is 128 Å². The van der Waals surface area contributed by atoms with Gasteiger partial charge in [0.1, 0.15) is 0 Å². The van der Waals surface area contributed by atoms with E-state index in [4.69, 9.17) is 4.74 Å². The van der Waals surface area contributed by atoms with E-state index in [0.717, 1.165) is 50.4 Å². The van der Waals surface area contributed by atoms with Crippen LogP contribution >= 0.6 is 0 Å². The van der Waals surface area contributed by atoms with Gasteiger partial charge < -0.3 is 9.30 Å². The highest BCUT2D eigenvalue weighted by Crippen LogP contribution is 2.18. The summed E-state index contributed by atoms with van der Waals surface area (Å²) >= 11 is 0. The zero-order chi connectivity index (χ0) is 15.4. The second-order valence-corrected chi connectivity index (χ2v) is 6.20. The molecular formula is C17H28N2O2. The quantitative estimate of drug-likeness (QED) is 0.756. The summed E-state index contributed by atoms with van der Waals surface area (Å²) in [5, 5.41) is 0. The highest BCUT2D eigenvalue weighted by Gasteiger charge is 2.20. The number of ether oxygens (including phenoxy) is 1. The molecule has 2 rings (SSSR count). The molecule has 0 bridgehead atoms. The largest absolute Gasteiger partial charge is 0.381 e. The number of hydrogen-bond donors (Lipinski definition) is 0. The molecule has 0 radical (unpaired) electrons. The van der Waals surface area contributed by atoms with Gasteiger partial charge in [0.2, 0.25) is 0 Å². The second kappa shape index (κ2) is 7.23. The molecule has 1 aliphatic heterocycles. The Hall–Kier alpha value is -1.13. The molecule has 0 atom stereocenters. The normalized spacial score (nSPS) is 16.6. The van der Waals surface area contributed by atoms with Crippen molar-refractivity contribution in [3.05, 3.63) is 23.0 Å². The van der Waals surface area contributed by atoms with Crippen molar-refractivity contribution in [1.29, 1.82) is 0 Å². The van der Waals surface area contributed by atoms with Crippen molar-refractivity contribution in [2.75, 3.05) is 33.4 Å². The van der Waals surface area contributed by atoms with E-state index in [1.165, 1.54) is 5.69 Å². The molecule has 0 unspecified atom stereocenters. The number of Topliss-reactive ketones (excluding diaryl/α,β-unsaturated/α-hetero) is 1. The molecule has 1 aliphatic rings. The number of nitrogens with zero attached hydrogens (tertiary/aromatic N) is 2. The predicted molar refractivity (Wildman–Crippen MR) is 85.0 cm³/mol. The lowest BCUT2D eigenvalue weighted by molar-refractivity contribution is 0.0549. The third-order valence-electron chi connectivity index (χ3n) is 4.51. The van der Waals surface area contributed by atoms with E-state index in [0.29, 0.717) is 12.5 Å². The summed E-state index contributed by atoms with van der Waals surface area (Å²) in [6, 6.07) is 2.03. The number of hydrogen-bond acceptors (Lipinski definition) is 3. The van der Waals surface area contributed by atoms with E-state index < -0.39 is 0 Å². The maximum absolute atomic E-state index is 12.5. The van der Waals surface area contributed by atoms with E-state index >= 15 is 0 Å². The summed E-state index contributed by atoms with van der Waals surface area (Å²) in [6.07, 6.45) is 2.23. The van der Waals surface area contributed by atoms with Gasteiger partial charge in [0.15, 0.2) is 5.78 Å². The average Bonchev–Trinajstić information content (AvgIpc) is 2.74. The van der Waals surface area contributed by atoms with E-state index in [9.17, 15) is 4.79 Å². The molecule has 0 spiro atoms. The molecule has 4 heteroatoms. The van der Waals surface area contributed by atoms with Crippen LogP contribution < -0.4 is 0 Å². The topological polar surface area (TPSA) is 34.5 Å². The number of carbonyl (C=O) groups is 1. The number of rotatable bonds is 6. The highest BCUT2D eigenvalue weighted by molar-refractivity contribution is 5.99. The van der Waals surface area contributed by atoms with E-state index in [2.05, 4.69) is 23.3 Å². The number of likely N-dealkylation sites (N-methyl/N-ethyl adjacent to an activating group) is 1. The molecule has 1 aromatic rings. The first-order valence-electron chi connectivity index (χ1n) is 7.99. The molecule has 1 fully saturated rings. The van der Waals surface area contributed by atoms with E-state index in [1.807, 2.05) is 20.0 Å². The van der Waals surface area contributed by atoms with Gasteiger partial charge in [-0.25, -0.2) is 0 Å². The zero-order valence-electron chi connectivity index (χ0n) is 13.8. The van der Waals surface area contributed by atoms with Crippen LogP contribution in [-0.2, 0) is 11.3 Å². The van der Waals surface area contributed by atoms with E-state index in [-0.39, 0.29) is 5.78 Å². The van der Waals surface area contributed by atoms with Crippen LogP contribution in [0.3, 0.4) is 0 Å². The lowest BCUT2D eigenvalue weighted by Crippen LogP contribution is -2.33. The standard InChI is InChI=1S/C17H28N2O2/c1-5-19-13(2)10-16(14(19)3)17(20)12-18(4)11-15-6-8-21-9-7-15/h10,15H,5-9,11-12H2,1-4H3.